The van der Waals surface area contributed by atoms with Crippen molar-refractivity contribution in [1.82, 2.24) is 0 Å². The van der Waals surface area contributed by atoms with Crippen molar-refractivity contribution in [3.05, 3.63) is 52.5 Å². The van der Waals surface area contributed by atoms with E-state index in [1.54, 1.807) is 14.2 Å². The van der Waals surface area contributed by atoms with E-state index in [4.69, 9.17) is 26.1 Å². The molecule has 1 aliphatic carbocycles. The summed E-state index contributed by atoms with van der Waals surface area (Å²) >= 11 is 6.15. The van der Waals surface area contributed by atoms with E-state index < -0.39 is 0 Å². The topological polar surface area (TPSA) is 42.9 Å². The Kier molecular flexibility index (Phi) is 5.49. The Morgan fingerprint density at radius 3 is 2.50 bits per heavy atom. The van der Waals surface area contributed by atoms with Crippen molar-refractivity contribution in [2.24, 2.45) is 10.4 Å². The number of halogens is 1. The van der Waals surface area contributed by atoms with Crippen LogP contribution < -0.4 is 14.8 Å². The first-order valence-corrected chi connectivity index (χ1v) is 10.3. The van der Waals surface area contributed by atoms with Gasteiger partial charge in [-0.05, 0) is 48.6 Å². The summed E-state index contributed by atoms with van der Waals surface area (Å²) in [4.78, 5) is 5.04. The number of nitrogens with one attached hydrogen (secondary N) is 1. The third kappa shape index (κ3) is 3.70. The van der Waals surface area contributed by atoms with E-state index in [2.05, 4.69) is 17.4 Å². The monoisotopic (exact) mass is 398 g/mol. The molecule has 4 rings (SSSR count). The Balaban J connectivity index is 1.70. The molecule has 1 saturated carbocycles. The van der Waals surface area contributed by atoms with Gasteiger partial charge in [0.2, 0.25) is 0 Å². The molecule has 1 heterocycles. The van der Waals surface area contributed by atoms with Gasteiger partial charge in [0.15, 0.2) is 11.5 Å². The van der Waals surface area contributed by atoms with E-state index in [9.17, 15) is 0 Å². The molecule has 0 atom stereocenters. The van der Waals surface area contributed by atoms with E-state index in [0.29, 0.717) is 6.54 Å². The second kappa shape index (κ2) is 8.04. The molecule has 0 radical (unpaired) electrons. The van der Waals surface area contributed by atoms with Gasteiger partial charge in [-0.25, -0.2) is 0 Å². The van der Waals surface area contributed by atoms with Crippen LogP contribution in [-0.2, 0) is 13.0 Å². The van der Waals surface area contributed by atoms with Crippen LogP contribution in [0.2, 0.25) is 5.02 Å². The van der Waals surface area contributed by atoms with Crippen LogP contribution >= 0.6 is 11.6 Å². The fourth-order valence-electron chi connectivity index (χ4n) is 4.55. The lowest BCUT2D eigenvalue weighted by Gasteiger charge is -2.43. The molecule has 1 spiro atoms. The summed E-state index contributed by atoms with van der Waals surface area (Å²) in [5.41, 5.74) is 3.56. The molecule has 4 nitrogen and oxygen atoms in total. The lowest BCUT2D eigenvalue weighted by atomic mass is 9.67. The standard InChI is InChI=1S/C23H27ClN2O2/c1-27-20-12-17-14-23(9-4-3-5-10-23)22(26-19(17)13-21(20)28-2)25-15-16-7-6-8-18(24)11-16/h6-8,11-13H,3-5,9-10,14-15H2,1-2H3,(H,25,26). The van der Waals surface area contributed by atoms with Crippen molar-refractivity contribution in [3.8, 4) is 11.5 Å². The Labute approximate surface area is 171 Å². The number of aliphatic imine (C=N–C) groups is 1. The van der Waals surface area contributed by atoms with Crippen molar-refractivity contribution in [2.75, 3.05) is 19.5 Å². The number of methoxy groups -OCH3 is 2. The highest BCUT2D eigenvalue weighted by atomic mass is 35.5. The molecular formula is C23H27ClN2O2. The first kappa shape index (κ1) is 19.1. The van der Waals surface area contributed by atoms with Gasteiger partial charge in [0.1, 0.15) is 5.84 Å². The van der Waals surface area contributed by atoms with Gasteiger partial charge in [-0.1, -0.05) is 43.0 Å². The molecule has 0 unspecified atom stereocenters. The SMILES string of the molecule is COc1cc2c(cc1OC)NC(=NCc1cccc(Cl)c1)C1(CCCCC1)C2. The first-order valence-electron chi connectivity index (χ1n) is 9.95. The highest BCUT2D eigenvalue weighted by Crippen LogP contribution is 2.47. The summed E-state index contributed by atoms with van der Waals surface area (Å²) in [7, 11) is 3.36. The Morgan fingerprint density at radius 1 is 1.04 bits per heavy atom. The van der Waals surface area contributed by atoms with Crippen LogP contribution in [0.5, 0.6) is 11.5 Å². The number of amidine groups is 1. The molecule has 0 aromatic heterocycles. The average Bonchev–Trinajstić information content (AvgIpc) is 2.72. The third-order valence-corrected chi connectivity index (χ3v) is 6.25. The highest BCUT2D eigenvalue weighted by molar-refractivity contribution is 6.30. The summed E-state index contributed by atoms with van der Waals surface area (Å²) < 4.78 is 11.0. The van der Waals surface area contributed by atoms with Crippen molar-refractivity contribution in [3.63, 3.8) is 0 Å². The van der Waals surface area contributed by atoms with Crippen LogP contribution in [0.4, 0.5) is 5.69 Å². The van der Waals surface area contributed by atoms with Gasteiger partial charge in [0, 0.05) is 22.2 Å². The minimum Gasteiger partial charge on any atom is -0.493 e. The zero-order valence-corrected chi connectivity index (χ0v) is 17.3. The van der Waals surface area contributed by atoms with E-state index >= 15 is 0 Å². The van der Waals surface area contributed by atoms with Gasteiger partial charge in [-0.2, -0.15) is 0 Å². The Bertz CT molecular complexity index is 888. The normalized spacial score (nSPS) is 19.2. The smallest absolute Gasteiger partial charge is 0.162 e. The van der Waals surface area contributed by atoms with Gasteiger partial charge >= 0.3 is 0 Å². The van der Waals surface area contributed by atoms with Gasteiger partial charge in [0.25, 0.3) is 0 Å². The van der Waals surface area contributed by atoms with Crippen LogP contribution in [-0.4, -0.2) is 20.1 Å². The minimum atomic E-state index is 0.0867. The van der Waals surface area contributed by atoms with Crippen molar-refractivity contribution in [1.29, 1.82) is 0 Å². The number of benzene rings is 2. The number of anilines is 1. The zero-order valence-electron chi connectivity index (χ0n) is 16.6. The van der Waals surface area contributed by atoms with Gasteiger partial charge in [-0.15, -0.1) is 0 Å². The highest BCUT2D eigenvalue weighted by Gasteiger charge is 2.41. The van der Waals surface area contributed by atoms with Gasteiger partial charge in [-0.3, -0.25) is 4.99 Å². The number of hydrogen-bond acceptors (Lipinski definition) is 3. The molecule has 148 valence electrons. The van der Waals surface area contributed by atoms with Crippen LogP contribution in [0.3, 0.4) is 0 Å². The number of rotatable bonds is 4. The Hall–Kier alpha value is -2.20. The maximum Gasteiger partial charge on any atom is 0.162 e. The average molecular weight is 399 g/mol. The zero-order chi connectivity index (χ0) is 19.6. The van der Waals surface area contributed by atoms with Crippen LogP contribution in [0.25, 0.3) is 0 Å². The maximum atomic E-state index is 6.15. The molecule has 2 aliphatic rings. The molecule has 0 saturated heterocycles. The largest absolute Gasteiger partial charge is 0.493 e. The number of nitrogens with zero attached hydrogens (tertiary/aromatic N) is 1. The van der Waals surface area contributed by atoms with Gasteiger partial charge in [0.05, 0.1) is 20.8 Å². The van der Waals surface area contributed by atoms with Crippen LogP contribution in [0, 0.1) is 5.41 Å². The van der Waals surface area contributed by atoms with E-state index in [1.165, 1.54) is 37.7 Å². The van der Waals surface area contributed by atoms with E-state index in [-0.39, 0.29) is 5.41 Å². The van der Waals surface area contributed by atoms with Crippen molar-refractivity contribution < 1.29 is 9.47 Å². The summed E-state index contributed by atoms with van der Waals surface area (Å²) in [5.74, 6) is 2.63. The molecule has 1 N–H and O–H groups in total. The quantitative estimate of drug-likeness (QED) is 0.699. The molecule has 1 aliphatic heterocycles. The first-order chi connectivity index (χ1) is 13.6. The molecule has 28 heavy (non-hydrogen) atoms. The summed E-state index contributed by atoms with van der Waals surface area (Å²) in [6.07, 6.45) is 7.14. The third-order valence-electron chi connectivity index (χ3n) is 6.01. The van der Waals surface area contributed by atoms with Gasteiger partial charge < -0.3 is 14.8 Å². The second-order valence-electron chi connectivity index (χ2n) is 7.80. The fourth-order valence-corrected chi connectivity index (χ4v) is 4.76. The van der Waals surface area contributed by atoms with E-state index in [0.717, 1.165) is 40.0 Å². The van der Waals surface area contributed by atoms with Crippen molar-refractivity contribution >= 4 is 23.1 Å². The predicted molar refractivity (Wildman–Crippen MR) is 115 cm³/mol. The van der Waals surface area contributed by atoms with E-state index in [1.807, 2.05) is 24.3 Å². The Morgan fingerprint density at radius 2 is 1.79 bits per heavy atom. The molecule has 1 fully saturated rings. The lowest BCUT2D eigenvalue weighted by Crippen LogP contribution is -2.43. The minimum absolute atomic E-state index is 0.0867. The predicted octanol–water partition coefficient (Wildman–Crippen LogP) is 5.87. The van der Waals surface area contributed by atoms with Crippen LogP contribution in [0.1, 0.15) is 43.2 Å². The molecular weight excluding hydrogens is 372 g/mol. The maximum absolute atomic E-state index is 6.15. The molecule has 2 aromatic carbocycles. The molecule has 0 amide bonds. The summed E-state index contributed by atoms with van der Waals surface area (Å²) in [6, 6.07) is 12.1. The lowest BCUT2D eigenvalue weighted by molar-refractivity contribution is 0.277. The fraction of sp³-hybridized carbons (Fsp3) is 0.435. The number of fused-ring (bicyclic) bond motifs is 1. The van der Waals surface area contributed by atoms with Crippen LogP contribution in [0.15, 0.2) is 41.4 Å². The van der Waals surface area contributed by atoms with Crippen molar-refractivity contribution in [2.45, 2.75) is 45.1 Å². The number of ether oxygens (including phenoxy) is 2. The summed E-state index contributed by atoms with van der Waals surface area (Å²) in [5, 5.41) is 4.40. The number of hydrogen-bond donors (Lipinski definition) is 1. The molecule has 5 heteroatoms. The molecule has 0 bridgehead atoms. The second-order valence-corrected chi connectivity index (χ2v) is 8.24. The summed E-state index contributed by atoms with van der Waals surface area (Å²) in [6.45, 7) is 0.632. The molecule has 2 aromatic rings.